The van der Waals surface area contributed by atoms with Crippen LogP contribution < -0.4 is 10.1 Å². The first kappa shape index (κ1) is 9.66. The minimum atomic E-state index is 0.778. The van der Waals surface area contributed by atoms with E-state index < -0.39 is 0 Å². The van der Waals surface area contributed by atoms with E-state index >= 15 is 0 Å². The Labute approximate surface area is 89.2 Å². The highest BCUT2D eigenvalue weighted by Gasteiger charge is 2.14. The van der Waals surface area contributed by atoms with Gasteiger partial charge in [-0.3, -0.25) is 0 Å². The lowest BCUT2D eigenvalue weighted by Crippen LogP contribution is -2.01. The fourth-order valence-electron chi connectivity index (χ4n) is 1.72. The summed E-state index contributed by atoms with van der Waals surface area (Å²) in [7, 11) is 0. The standard InChI is InChI=1S/C11H14ClNO/c1-7-6-9-11(8(2)10(7)12)13-4-3-5-14-9/h6,13H,3-5H2,1-2H3. The minimum Gasteiger partial charge on any atom is -0.491 e. The maximum Gasteiger partial charge on any atom is 0.143 e. The lowest BCUT2D eigenvalue weighted by molar-refractivity contribution is 0.322. The Balaban J connectivity index is 2.55. The van der Waals surface area contributed by atoms with Crippen molar-refractivity contribution in [3.63, 3.8) is 0 Å². The van der Waals surface area contributed by atoms with Gasteiger partial charge in [-0.05, 0) is 37.5 Å². The van der Waals surface area contributed by atoms with Crippen LogP contribution in [0.25, 0.3) is 0 Å². The van der Waals surface area contributed by atoms with Crippen LogP contribution >= 0.6 is 11.6 Å². The summed E-state index contributed by atoms with van der Waals surface area (Å²) >= 11 is 6.17. The molecule has 1 N–H and O–H groups in total. The van der Waals surface area contributed by atoms with Crippen molar-refractivity contribution in [1.82, 2.24) is 0 Å². The van der Waals surface area contributed by atoms with Gasteiger partial charge in [0.25, 0.3) is 0 Å². The van der Waals surface area contributed by atoms with E-state index in [1.54, 1.807) is 0 Å². The van der Waals surface area contributed by atoms with Crippen molar-refractivity contribution in [2.45, 2.75) is 20.3 Å². The molecule has 0 aromatic heterocycles. The van der Waals surface area contributed by atoms with E-state index in [4.69, 9.17) is 16.3 Å². The summed E-state index contributed by atoms with van der Waals surface area (Å²) in [5.41, 5.74) is 3.22. The number of hydrogen-bond acceptors (Lipinski definition) is 2. The van der Waals surface area contributed by atoms with E-state index in [2.05, 4.69) is 5.32 Å². The monoisotopic (exact) mass is 211 g/mol. The lowest BCUT2D eigenvalue weighted by atomic mass is 10.1. The Hall–Kier alpha value is -0.890. The third kappa shape index (κ3) is 1.55. The van der Waals surface area contributed by atoms with E-state index in [0.717, 1.165) is 47.2 Å². The van der Waals surface area contributed by atoms with E-state index in [-0.39, 0.29) is 0 Å². The summed E-state index contributed by atoms with van der Waals surface area (Å²) in [6.45, 7) is 5.76. The Morgan fingerprint density at radius 3 is 3.00 bits per heavy atom. The summed E-state index contributed by atoms with van der Waals surface area (Å²) in [5.74, 6) is 0.932. The number of nitrogens with one attached hydrogen (secondary N) is 1. The molecular weight excluding hydrogens is 198 g/mol. The van der Waals surface area contributed by atoms with E-state index in [0.29, 0.717) is 0 Å². The molecule has 0 saturated carbocycles. The molecule has 0 unspecified atom stereocenters. The molecule has 0 fully saturated rings. The maximum absolute atomic E-state index is 6.17. The van der Waals surface area contributed by atoms with Crippen LogP contribution in [0.5, 0.6) is 5.75 Å². The molecule has 0 amide bonds. The number of fused-ring (bicyclic) bond motifs is 1. The number of hydrogen-bond donors (Lipinski definition) is 1. The highest BCUT2D eigenvalue weighted by Crippen LogP contribution is 2.36. The van der Waals surface area contributed by atoms with Crippen LogP contribution in [0.2, 0.25) is 5.02 Å². The van der Waals surface area contributed by atoms with Crippen molar-refractivity contribution in [3.05, 3.63) is 22.2 Å². The molecule has 2 nitrogen and oxygen atoms in total. The molecule has 1 aliphatic rings. The van der Waals surface area contributed by atoms with Crippen molar-refractivity contribution in [2.24, 2.45) is 0 Å². The number of anilines is 1. The third-order valence-electron chi connectivity index (χ3n) is 2.52. The van der Waals surface area contributed by atoms with E-state index in [1.165, 1.54) is 0 Å². The molecule has 2 rings (SSSR count). The van der Waals surface area contributed by atoms with Crippen molar-refractivity contribution in [2.75, 3.05) is 18.5 Å². The molecular formula is C11H14ClNO. The van der Waals surface area contributed by atoms with Crippen LogP contribution in [-0.4, -0.2) is 13.2 Å². The molecule has 1 aromatic carbocycles. The van der Waals surface area contributed by atoms with Crippen molar-refractivity contribution in [3.8, 4) is 5.75 Å². The largest absolute Gasteiger partial charge is 0.491 e. The van der Waals surface area contributed by atoms with Crippen molar-refractivity contribution in [1.29, 1.82) is 0 Å². The highest BCUT2D eigenvalue weighted by atomic mass is 35.5. The first-order valence-electron chi connectivity index (χ1n) is 4.86. The van der Waals surface area contributed by atoms with E-state index in [9.17, 15) is 0 Å². The average molecular weight is 212 g/mol. The van der Waals surface area contributed by atoms with Crippen molar-refractivity contribution >= 4 is 17.3 Å². The normalized spacial score (nSPS) is 15.1. The zero-order valence-corrected chi connectivity index (χ0v) is 9.24. The molecule has 14 heavy (non-hydrogen) atoms. The van der Waals surface area contributed by atoms with Gasteiger partial charge in [-0.25, -0.2) is 0 Å². The molecule has 0 atom stereocenters. The Kier molecular flexibility index (Phi) is 2.55. The van der Waals surface area contributed by atoms with Gasteiger partial charge in [0.1, 0.15) is 5.75 Å². The second-order valence-electron chi connectivity index (χ2n) is 3.63. The smallest absolute Gasteiger partial charge is 0.143 e. The Morgan fingerprint density at radius 1 is 1.43 bits per heavy atom. The van der Waals surface area contributed by atoms with Gasteiger partial charge >= 0.3 is 0 Å². The Morgan fingerprint density at radius 2 is 2.21 bits per heavy atom. The van der Waals surface area contributed by atoms with E-state index in [1.807, 2.05) is 19.9 Å². The molecule has 1 aromatic rings. The quantitative estimate of drug-likeness (QED) is 0.712. The number of ether oxygens (including phenoxy) is 1. The van der Waals surface area contributed by atoms with Crippen molar-refractivity contribution < 1.29 is 4.74 Å². The second-order valence-corrected chi connectivity index (χ2v) is 4.01. The summed E-state index contributed by atoms with van der Waals surface area (Å²) in [6.07, 6.45) is 1.03. The number of benzene rings is 1. The summed E-state index contributed by atoms with van der Waals surface area (Å²) in [4.78, 5) is 0. The number of halogens is 1. The van der Waals surface area contributed by atoms with Gasteiger partial charge in [0, 0.05) is 11.6 Å². The van der Waals surface area contributed by atoms with Gasteiger partial charge in [-0.15, -0.1) is 0 Å². The Bertz CT molecular complexity index is 363. The fourth-order valence-corrected chi connectivity index (χ4v) is 1.87. The molecule has 3 heteroatoms. The van der Waals surface area contributed by atoms with Gasteiger partial charge in [0.05, 0.1) is 12.3 Å². The molecule has 1 aliphatic heterocycles. The van der Waals surface area contributed by atoms with Crippen LogP contribution in [0.1, 0.15) is 17.5 Å². The molecule has 0 spiro atoms. The van der Waals surface area contributed by atoms with Crippen LogP contribution in [0, 0.1) is 13.8 Å². The predicted octanol–water partition coefficient (Wildman–Crippen LogP) is 3.15. The summed E-state index contributed by atoms with van der Waals surface area (Å²) in [5, 5.41) is 4.19. The summed E-state index contributed by atoms with van der Waals surface area (Å²) in [6, 6.07) is 2.00. The zero-order chi connectivity index (χ0) is 10.1. The van der Waals surface area contributed by atoms with Crippen LogP contribution in [-0.2, 0) is 0 Å². The fraction of sp³-hybridized carbons (Fsp3) is 0.455. The molecule has 0 saturated heterocycles. The zero-order valence-electron chi connectivity index (χ0n) is 8.48. The number of rotatable bonds is 0. The lowest BCUT2D eigenvalue weighted by Gasteiger charge is -2.14. The van der Waals surface area contributed by atoms with Gasteiger partial charge in [0.15, 0.2) is 0 Å². The molecule has 0 aliphatic carbocycles. The van der Waals surface area contributed by atoms with Gasteiger partial charge < -0.3 is 10.1 Å². The van der Waals surface area contributed by atoms with Crippen LogP contribution in [0.4, 0.5) is 5.69 Å². The van der Waals surface area contributed by atoms with Crippen LogP contribution in [0.15, 0.2) is 6.07 Å². The number of aryl methyl sites for hydroxylation is 1. The first-order valence-corrected chi connectivity index (χ1v) is 5.24. The second kappa shape index (κ2) is 3.70. The third-order valence-corrected chi connectivity index (χ3v) is 3.11. The predicted molar refractivity (Wildman–Crippen MR) is 59.5 cm³/mol. The van der Waals surface area contributed by atoms with Gasteiger partial charge in [0.2, 0.25) is 0 Å². The minimum absolute atomic E-state index is 0.778. The van der Waals surface area contributed by atoms with Gasteiger partial charge in [-0.2, -0.15) is 0 Å². The first-order chi connectivity index (χ1) is 6.70. The van der Waals surface area contributed by atoms with Gasteiger partial charge in [-0.1, -0.05) is 11.6 Å². The molecule has 76 valence electrons. The topological polar surface area (TPSA) is 21.3 Å². The molecule has 0 radical (unpaired) electrons. The summed E-state index contributed by atoms with van der Waals surface area (Å²) < 4.78 is 5.64. The average Bonchev–Trinajstić information content (AvgIpc) is 2.39. The molecule has 0 bridgehead atoms. The highest BCUT2D eigenvalue weighted by molar-refractivity contribution is 6.32. The SMILES string of the molecule is Cc1cc2c(c(C)c1Cl)NCCCO2. The molecule has 1 heterocycles. The maximum atomic E-state index is 6.17. The van der Waals surface area contributed by atoms with Crippen LogP contribution in [0.3, 0.4) is 0 Å².